The smallest absolute Gasteiger partial charge is 0.256 e. The van der Waals surface area contributed by atoms with E-state index in [0.29, 0.717) is 13.2 Å². The highest BCUT2D eigenvalue weighted by Gasteiger charge is 2.19. The van der Waals surface area contributed by atoms with E-state index in [1.165, 1.54) is 0 Å². The number of amides is 1. The number of para-hydroxylation sites is 1. The summed E-state index contributed by atoms with van der Waals surface area (Å²) in [5, 5.41) is 0.964. The van der Waals surface area contributed by atoms with Crippen molar-refractivity contribution in [3.8, 4) is 5.75 Å². The van der Waals surface area contributed by atoms with Crippen molar-refractivity contribution >= 4 is 16.8 Å². The van der Waals surface area contributed by atoms with E-state index >= 15 is 0 Å². The van der Waals surface area contributed by atoms with Crippen molar-refractivity contribution in [1.82, 2.24) is 9.88 Å². The number of aromatic nitrogens is 1. The van der Waals surface area contributed by atoms with Gasteiger partial charge in [0.05, 0.1) is 12.1 Å². The monoisotopic (exact) mass is 322 g/mol. The first-order chi connectivity index (χ1) is 11.6. The van der Waals surface area contributed by atoms with Crippen LogP contribution in [0.1, 0.15) is 21.6 Å². The second-order valence-electron chi connectivity index (χ2n) is 6.06. The molecule has 0 saturated heterocycles. The van der Waals surface area contributed by atoms with Gasteiger partial charge in [-0.2, -0.15) is 0 Å². The summed E-state index contributed by atoms with van der Waals surface area (Å²) in [6.45, 7) is 4.96. The molecule has 0 aliphatic carbocycles. The standard InChI is InChI=1S/C20H22N2O2/c1-14-7-6-8-16(13-14)24-12-11-22(3)20(23)19-15(2)21-18-10-5-4-9-17(18)19/h4-10,13,21H,11-12H2,1-3H3. The fourth-order valence-electron chi connectivity index (χ4n) is 2.85. The molecule has 0 aliphatic heterocycles. The van der Waals surface area contributed by atoms with Crippen molar-refractivity contribution in [2.75, 3.05) is 20.2 Å². The summed E-state index contributed by atoms with van der Waals surface area (Å²) in [5.41, 5.74) is 3.78. The van der Waals surface area contributed by atoms with Gasteiger partial charge in [-0.15, -0.1) is 0 Å². The summed E-state index contributed by atoms with van der Waals surface area (Å²) < 4.78 is 5.74. The molecule has 1 aromatic heterocycles. The molecule has 4 heteroatoms. The Labute approximate surface area is 142 Å². The lowest BCUT2D eigenvalue weighted by Crippen LogP contribution is -2.31. The van der Waals surface area contributed by atoms with E-state index < -0.39 is 0 Å². The van der Waals surface area contributed by atoms with Crippen LogP contribution >= 0.6 is 0 Å². The average molecular weight is 322 g/mol. The van der Waals surface area contributed by atoms with Gasteiger partial charge in [-0.05, 0) is 37.6 Å². The van der Waals surface area contributed by atoms with Gasteiger partial charge in [-0.3, -0.25) is 4.79 Å². The van der Waals surface area contributed by atoms with Crippen LogP contribution in [0.4, 0.5) is 0 Å². The highest BCUT2D eigenvalue weighted by molar-refractivity contribution is 6.08. The Bertz CT molecular complexity index is 867. The molecule has 0 saturated carbocycles. The quantitative estimate of drug-likeness (QED) is 0.773. The van der Waals surface area contributed by atoms with Gasteiger partial charge in [-0.1, -0.05) is 30.3 Å². The molecule has 0 bridgehead atoms. The number of carbonyl (C=O) groups is 1. The highest BCUT2D eigenvalue weighted by Crippen LogP contribution is 2.23. The third kappa shape index (κ3) is 3.27. The molecular weight excluding hydrogens is 300 g/mol. The SMILES string of the molecule is Cc1cccc(OCCN(C)C(=O)c2c(C)[nH]c3ccccc23)c1. The Hall–Kier alpha value is -2.75. The summed E-state index contributed by atoms with van der Waals surface area (Å²) in [4.78, 5) is 17.8. The lowest BCUT2D eigenvalue weighted by Gasteiger charge is -2.18. The third-order valence-corrected chi connectivity index (χ3v) is 4.14. The van der Waals surface area contributed by atoms with Gasteiger partial charge in [0.1, 0.15) is 12.4 Å². The second-order valence-corrected chi connectivity index (χ2v) is 6.06. The van der Waals surface area contributed by atoms with Crippen molar-refractivity contribution in [2.45, 2.75) is 13.8 Å². The highest BCUT2D eigenvalue weighted by atomic mass is 16.5. The fourth-order valence-corrected chi connectivity index (χ4v) is 2.85. The third-order valence-electron chi connectivity index (χ3n) is 4.14. The van der Waals surface area contributed by atoms with Crippen molar-refractivity contribution in [3.05, 3.63) is 65.4 Å². The first-order valence-corrected chi connectivity index (χ1v) is 8.08. The number of hydrogen-bond acceptors (Lipinski definition) is 2. The molecule has 0 unspecified atom stereocenters. The lowest BCUT2D eigenvalue weighted by molar-refractivity contribution is 0.0775. The summed E-state index contributed by atoms with van der Waals surface area (Å²) >= 11 is 0. The number of aryl methyl sites for hydroxylation is 2. The van der Waals surface area contributed by atoms with E-state index in [1.54, 1.807) is 4.90 Å². The van der Waals surface area contributed by atoms with Crippen LogP contribution in [0, 0.1) is 13.8 Å². The normalized spacial score (nSPS) is 10.8. The number of benzene rings is 2. The largest absolute Gasteiger partial charge is 0.492 e. The van der Waals surface area contributed by atoms with Gasteiger partial charge in [0.15, 0.2) is 0 Å². The van der Waals surface area contributed by atoms with Crippen LogP contribution in [0.5, 0.6) is 5.75 Å². The minimum Gasteiger partial charge on any atom is -0.492 e. The molecule has 1 amide bonds. The summed E-state index contributed by atoms with van der Waals surface area (Å²) in [7, 11) is 1.81. The number of rotatable bonds is 5. The summed E-state index contributed by atoms with van der Waals surface area (Å²) in [6.07, 6.45) is 0. The maximum Gasteiger partial charge on any atom is 0.256 e. The Balaban J connectivity index is 1.67. The number of nitrogens with zero attached hydrogens (tertiary/aromatic N) is 1. The van der Waals surface area contributed by atoms with E-state index in [9.17, 15) is 4.79 Å². The molecule has 0 spiro atoms. The van der Waals surface area contributed by atoms with Crippen molar-refractivity contribution < 1.29 is 9.53 Å². The molecular formula is C20H22N2O2. The fraction of sp³-hybridized carbons (Fsp3) is 0.250. The first-order valence-electron chi connectivity index (χ1n) is 8.08. The van der Waals surface area contributed by atoms with Crippen LogP contribution in [0.25, 0.3) is 10.9 Å². The van der Waals surface area contributed by atoms with Gasteiger partial charge < -0.3 is 14.6 Å². The molecule has 24 heavy (non-hydrogen) atoms. The summed E-state index contributed by atoms with van der Waals surface area (Å²) in [6, 6.07) is 15.8. The maximum atomic E-state index is 12.8. The van der Waals surface area contributed by atoms with Crippen LogP contribution < -0.4 is 4.74 Å². The topological polar surface area (TPSA) is 45.3 Å². The zero-order valence-electron chi connectivity index (χ0n) is 14.3. The van der Waals surface area contributed by atoms with E-state index in [4.69, 9.17) is 4.74 Å². The minimum absolute atomic E-state index is 0.0118. The molecule has 0 radical (unpaired) electrons. The van der Waals surface area contributed by atoms with Gasteiger partial charge in [-0.25, -0.2) is 0 Å². The molecule has 124 valence electrons. The van der Waals surface area contributed by atoms with Crippen LogP contribution in [0.3, 0.4) is 0 Å². The molecule has 0 atom stereocenters. The maximum absolute atomic E-state index is 12.8. The Kier molecular flexibility index (Phi) is 4.56. The van der Waals surface area contributed by atoms with Gasteiger partial charge in [0.2, 0.25) is 0 Å². The molecule has 1 heterocycles. The zero-order chi connectivity index (χ0) is 17.1. The lowest BCUT2D eigenvalue weighted by atomic mass is 10.1. The average Bonchev–Trinajstić information content (AvgIpc) is 2.90. The Morgan fingerprint density at radius 1 is 1.12 bits per heavy atom. The second kappa shape index (κ2) is 6.79. The van der Waals surface area contributed by atoms with E-state index in [2.05, 4.69) is 4.98 Å². The number of hydrogen-bond donors (Lipinski definition) is 1. The van der Waals surface area contributed by atoms with E-state index in [1.807, 2.05) is 69.4 Å². The predicted molar refractivity (Wildman–Crippen MR) is 96.7 cm³/mol. The van der Waals surface area contributed by atoms with Crippen molar-refractivity contribution in [3.63, 3.8) is 0 Å². The first kappa shape index (κ1) is 16.1. The Morgan fingerprint density at radius 2 is 1.92 bits per heavy atom. The van der Waals surface area contributed by atoms with E-state index in [0.717, 1.165) is 33.5 Å². The van der Waals surface area contributed by atoms with E-state index in [-0.39, 0.29) is 5.91 Å². The van der Waals surface area contributed by atoms with Crippen LogP contribution in [0.15, 0.2) is 48.5 Å². The molecule has 0 fully saturated rings. The van der Waals surface area contributed by atoms with Gasteiger partial charge in [0, 0.05) is 23.6 Å². The molecule has 3 rings (SSSR count). The Morgan fingerprint density at radius 3 is 2.71 bits per heavy atom. The zero-order valence-corrected chi connectivity index (χ0v) is 14.3. The minimum atomic E-state index is 0.0118. The number of aromatic amines is 1. The van der Waals surface area contributed by atoms with Crippen LogP contribution in [-0.2, 0) is 0 Å². The van der Waals surface area contributed by atoms with Crippen molar-refractivity contribution in [1.29, 1.82) is 0 Å². The predicted octanol–water partition coefficient (Wildman–Crippen LogP) is 3.94. The number of carbonyl (C=O) groups excluding carboxylic acids is 1. The number of H-pyrrole nitrogens is 1. The van der Waals surface area contributed by atoms with Crippen molar-refractivity contribution in [2.24, 2.45) is 0 Å². The molecule has 3 aromatic rings. The molecule has 2 aromatic carbocycles. The number of likely N-dealkylation sites (N-methyl/N-ethyl adjacent to an activating group) is 1. The van der Waals surface area contributed by atoms with Crippen LogP contribution in [-0.4, -0.2) is 36.0 Å². The van der Waals surface area contributed by atoms with Crippen LogP contribution in [0.2, 0.25) is 0 Å². The number of ether oxygens (including phenoxy) is 1. The number of nitrogens with one attached hydrogen (secondary N) is 1. The molecule has 4 nitrogen and oxygen atoms in total. The van der Waals surface area contributed by atoms with Gasteiger partial charge in [0.25, 0.3) is 5.91 Å². The summed E-state index contributed by atoms with van der Waals surface area (Å²) in [5.74, 6) is 0.844. The molecule has 0 aliphatic rings. The number of fused-ring (bicyclic) bond motifs is 1. The van der Waals surface area contributed by atoms with Gasteiger partial charge >= 0.3 is 0 Å². The molecule has 1 N–H and O–H groups in total.